The highest BCUT2D eigenvalue weighted by Crippen LogP contribution is 2.42. The van der Waals surface area contributed by atoms with E-state index in [2.05, 4.69) is 9.97 Å². The quantitative estimate of drug-likeness (QED) is 0.109. The third-order valence-corrected chi connectivity index (χ3v) is 11.0. The third-order valence-electron chi connectivity index (χ3n) is 9.07. The van der Waals surface area contributed by atoms with E-state index in [0.717, 1.165) is 42.7 Å². The van der Waals surface area contributed by atoms with Gasteiger partial charge in [0.2, 0.25) is 5.72 Å². The number of sulfonamides is 1. The van der Waals surface area contributed by atoms with Crippen LogP contribution in [0.1, 0.15) is 71.8 Å². The number of rotatable bonds is 11. The van der Waals surface area contributed by atoms with Gasteiger partial charge in [0, 0.05) is 36.8 Å². The van der Waals surface area contributed by atoms with E-state index in [1.807, 2.05) is 0 Å². The van der Waals surface area contributed by atoms with E-state index in [-0.39, 0.29) is 42.8 Å². The van der Waals surface area contributed by atoms with E-state index in [0.29, 0.717) is 15.6 Å². The van der Waals surface area contributed by atoms with E-state index in [9.17, 15) is 40.7 Å². The molecule has 0 spiro atoms. The van der Waals surface area contributed by atoms with Crippen molar-refractivity contribution in [1.82, 2.24) is 14.3 Å². The maximum absolute atomic E-state index is 15.0. The number of aromatic nitrogens is 2. The Balaban J connectivity index is 1.42. The molecule has 1 atom stereocenters. The van der Waals surface area contributed by atoms with Crippen LogP contribution >= 0.6 is 0 Å². The van der Waals surface area contributed by atoms with Crippen molar-refractivity contribution in [3.63, 3.8) is 0 Å². The Morgan fingerprint density at radius 1 is 0.920 bits per heavy atom. The molecule has 0 unspecified atom stereocenters. The summed E-state index contributed by atoms with van der Waals surface area (Å²) in [5.41, 5.74) is -0.785. The predicted octanol–water partition coefficient (Wildman–Crippen LogP) is 6.32. The normalized spacial score (nSPS) is 18.4. The number of carboxylic acid groups (broad SMARTS) is 1. The molecule has 1 aromatic heterocycles. The summed E-state index contributed by atoms with van der Waals surface area (Å²) in [6.45, 7) is -1.09. The summed E-state index contributed by atoms with van der Waals surface area (Å²) >= 11 is 0. The summed E-state index contributed by atoms with van der Waals surface area (Å²) in [5, 5.41) is 9.46. The van der Waals surface area contributed by atoms with Gasteiger partial charge in [-0.1, -0.05) is 49.6 Å². The average Bonchev–Trinajstić information content (AvgIpc) is 3.10. The topological polar surface area (TPSA) is 130 Å². The van der Waals surface area contributed by atoms with Crippen LogP contribution in [0.15, 0.2) is 78.0 Å². The molecule has 50 heavy (non-hydrogen) atoms. The SMILES string of the molecule is O=C(O)c1ccc(N(Cc2cnc(C3CCCCC3)cn2)C(=O)[C@]2(OCc3ccccc3)CCN2S(=O)(=O)c2c(F)cc(F)c(F)c2F)cc1. The van der Waals surface area contributed by atoms with Crippen LogP contribution in [-0.4, -0.2) is 51.9 Å². The minimum Gasteiger partial charge on any atom is -0.478 e. The lowest BCUT2D eigenvalue weighted by Gasteiger charge is -2.50. The van der Waals surface area contributed by atoms with Gasteiger partial charge in [0.25, 0.3) is 15.9 Å². The second kappa shape index (κ2) is 14.2. The lowest BCUT2D eigenvalue weighted by atomic mass is 9.87. The fraction of sp³-hybridized carbons (Fsp3) is 0.314. The number of ether oxygens (including phenoxy) is 1. The van der Waals surface area contributed by atoms with Crippen LogP contribution in [0, 0.1) is 23.3 Å². The standard InChI is InChI=1S/C35H32F4N4O6S/c36-27-17-28(37)32(31(39)30(27)38)50(47,48)43-16-15-35(43,49-21-22-7-3-1-4-8-22)34(46)42(26-13-11-24(12-14-26)33(44)45)20-25-18-41-29(19-40-25)23-9-5-2-6-10-23/h1,3-4,7-8,11-14,17-19,23H,2,5-6,9-10,15-16,20-21H2,(H,44,45)/t35-/m1/s1. The highest BCUT2D eigenvalue weighted by molar-refractivity contribution is 7.89. The number of hydrogen-bond donors (Lipinski definition) is 1. The minimum atomic E-state index is -5.39. The van der Waals surface area contributed by atoms with Gasteiger partial charge in [0.05, 0.1) is 36.3 Å². The molecule has 1 aliphatic carbocycles. The van der Waals surface area contributed by atoms with Gasteiger partial charge in [0.1, 0.15) is 5.82 Å². The Morgan fingerprint density at radius 2 is 1.62 bits per heavy atom. The van der Waals surface area contributed by atoms with Crippen molar-refractivity contribution in [3.8, 4) is 0 Å². The lowest BCUT2D eigenvalue weighted by Crippen LogP contribution is -2.70. The number of carboxylic acids is 1. The van der Waals surface area contributed by atoms with Crippen LogP contribution < -0.4 is 4.90 Å². The molecule has 10 nitrogen and oxygen atoms in total. The number of anilines is 1. The van der Waals surface area contributed by atoms with Crippen LogP contribution in [0.25, 0.3) is 0 Å². The zero-order chi connectivity index (χ0) is 35.6. The summed E-state index contributed by atoms with van der Waals surface area (Å²) in [7, 11) is -5.39. The van der Waals surface area contributed by atoms with Gasteiger partial charge in [-0.15, -0.1) is 0 Å². The Morgan fingerprint density at radius 3 is 2.22 bits per heavy atom. The first kappa shape index (κ1) is 35.1. The Labute approximate surface area is 285 Å². The number of carbonyl (C=O) groups is 2. The summed E-state index contributed by atoms with van der Waals surface area (Å²) in [6, 6.07) is 13.5. The molecule has 6 rings (SSSR count). The second-order valence-corrected chi connectivity index (χ2v) is 14.0. The first-order valence-electron chi connectivity index (χ1n) is 15.9. The van der Waals surface area contributed by atoms with Gasteiger partial charge in [-0.3, -0.25) is 14.8 Å². The van der Waals surface area contributed by atoms with Crippen LogP contribution in [0.5, 0.6) is 0 Å². The van der Waals surface area contributed by atoms with Crippen molar-refractivity contribution in [3.05, 3.63) is 119 Å². The Hall–Kier alpha value is -4.73. The van der Waals surface area contributed by atoms with E-state index in [4.69, 9.17) is 4.74 Å². The number of nitrogens with zero attached hydrogens (tertiary/aromatic N) is 4. The zero-order valence-electron chi connectivity index (χ0n) is 26.6. The third kappa shape index (κ3) is 6.72. The Bertz CT molecular complexity index is 2000. The van der Waals surface area contributed by atoms with Crippen molar-refractivity contribution < 1.29 is 45.4 Å². The molecule has 2 aliphatic rings. The highest BCUT2D eigenvalue weighted by atomic mass is 32.2. The molecule has 1 amide bonds. The second-order valence-electron chi connectivity index (χ2n) is 12.2. The minimum absolute atomic E-state index is 0.0919. The number of benzene rings is 3. The molecule has 4 aromatic rings. The van der Waals surface area contributed by atoms with Gasteiger partial charge in [0.15, 0.2) is 22.3 Å². The zero-order valence-corrected chi connectivity index (χ0v) is 27.4. The smallest absolute Gasteiger partial charge is 0.335 e. The number of hydrogen-bond acceptors (Lipinski definition) is 7. The Kier molecular flexibility index (Phi) is 10.0. The van der Waals surface area contributed by atoms with Crippen molar-refractivity contribution in [2.75, 3.05) is 11.4 Å². The van der Waals surface area contributed by atoms with Gasteiger partial charge >= 0.3 is 5.97 Å². The molecule has 1 saturated heterocycles. The molecule has 0 radical (unpaired) electrons. The molecule has 262 valence electrons. The van der Waals surface area contributed by atoms with Crippen molar-refractivity contribution in [2.24, 2.45) is 0 Å². The maximum Gasteiger partial charge on any atom is 0.335 e. The number of halogens is 4. The van der Waals surface area contributed by atoms with Crippen LogP contribution in [-0.2, 0) is 32.7 Å². The summed E-state index contributed by atoms with van der Waals surface area (Å²) < 4.78 is 92.3. The number of aromatic carboxylic acids is 1. The van der Waals surface area contributed by atoms with Gasteiger partial charge in [-0.2, -0.15) is 4.31 Å². The molecule has 1 aliphatic heterocycles. The average molecular weight is 713 g/mol. The van der Waals surface area contributed by atoms with Gasteiger partial charge in [-0.05, 0) is 42.7 Å². The first-order valence-corrected chi connectivity index (χ1v) is 17.4. The molecule has 3 aromatic carbocycles. The largest absolute Gasteiger partial charge is 0.478 e. The molecule has 1 saturated carbocycles. The molecule has 2 fully saturated rings. The van der Waals surface area contributed by atoms with Crippen LogP contribution in [0.2, 0.25) is 0 Å². The van der Waals surface area contributed by atoms with E-state index >= 15 is 0 Å². The van der Waals surface area contributed by atoms with Gasteiger partial charge < -0.3 is 14.7 Å². The fourth-order valence-corrected chi connectivity index (χ4v) is 8.09. The molecule has 2 heterocycles. The van der Waals surface area contributed by atoms with E-state index in [1.165, 1.54) is 30.5 Å². The molecule has 1 N–H and O–H groups in total. The molecular formula is C35H32F4N4O6S. The molecular weight excluding hydrogens is 680 g/mol. The van der Waals surface area contributed by atoms with Crippen molar-refractivity contribution >= 4 is 27.6 Å². The number of amides is 1. The number of carbonyl (C=O) groups excluding carboxylic acids is 1. The fourth-order valence-electron chi connectivity index (χ4n) is 6.31. The maximum atomic E-state index is 15.0. The summed E-state index contributed by atoms with van der Waals surface area (Å²) in [6.07, 6.45) is 8.07. The lowest BCUT2D eigenvalue weighted by molar-refractivity contribution is -0.194. The van der Waals surface area contributed by atoms with E-state index < -0.39 is 62.3 Å². The van der Waals surface area contributed by atoms with Crippen LogP contribution in [0.3, 0.4) is 0 Å². The predicted molar refractivity (Wildman–Crippen MR) is 171 cm³/mol. The van der Waals surface area contributed by atoms with Crippen molar-refractivity contribution in [2.45, 2.75) is 68.2 Å². The molecule has 0 bridgehead atoms. The highest BCUT2D eigenvalue weighted by Gasteiger charge is 2.60. The molecule has 15 heteroatoms. The first-order chi connectivity index (χ1) is 23.9. The monoisotopic (exact) mass is 712 g/mol. The summed E-state index contributed by atoms with van der Waals surface area (Å²) in [4.78, 5) is 34.8. The van der Waals surface area contributed by atoms with Crippen LogP contribution in [0.4, 0.5) is 23.2 Å². The van der Waals surface area contributed by atoms with Gasteiger partial charge in [-0.25, -0.2) is 30.8 Å². The summed E-state index contributed by atoms with van der Waals surface area (Å²) in [5.74, 6) is -10.3. The van der Waals surface area contributed by atoms with E-state index in [1.54, 1.807) is 36.5 Å². The van der Waals surface area contributed by atoms with Crippen molar-refractivity contribution in [1.29, 1.82) is 0 Å².